The predicted molar refractivity (Wildman–Crippen MR) is 47.4 cm³/mol. The van der Waals surface area contributed by atoms with Gasteiger partial charge in [-0.05, 0) is 35.4 Å². The largest absolute Gasteiger partial charge is 0.612 e. The number of benzene rings is 1. The van der Waals surface area contributed by atoms with Crippen molar-refractivity contribution in [2.45, 2.75) is 9.79 Å². The Labute approximate surface area is 75.5 Å². The Morgan fingerprint density at radius 1 is 1.25 bits per heavy atom. The molecule has 0 aliphatic heterocycles. The standard InChI is InChI=1S/C7H8O3S2/c1-11(8)6-2-4-7(5-3-6)12(9)10/h2-5,12H,1H3. The molecule has 0 fully saturated rings. The van der Waals surface area contributed by atoms with Crippen LogP contribution in [0.4, 0.5) is 0 Å². The first-order valence-corrected chi connectivity index (χ1v) is 5.92. The van der Waals surface area contributed by atoms with Crippen LogP contribution in [-0.2, 0) is 21.9 Å². The fourth-order valence-corrected chi connectivity index (χ4v) is 1.67. The Morgan fingerprint density at radius 3 is 2.08 bits per heavy atom. The van der Waals surface area contributed by atoms with Gasteiger partial charge in [0, 0.05) is 0 Å². The fraction of sp³-hybridized carbons (Fsp3) is 0.143. The maximum absolute atomic E-state index is 10.9. The second-order valence-corrected chi connectivity index (χ2v) is 4.62. The van der Waals surface area contributed by atoms with Crippen molar-refractivity contribution in [3.05, 3.63) is 24.3 Å². The molecule has 0 heterocycles. The molecule has 0 aliphatic rings. The molecule has 0 aliphatic carbocycles. The summed E-state index contributed by atoms with van der Waals surface area (Å²) in [6, 6.07) is 6.00. The van der Waals surface area contributed by atoms with E-state index in [1.165, 1.54) is 12.1 Å². The third-order valence-corrected chi connectivity index (χ3v) is 3.04. The zero-order valence-electron chi connectivity index (χ0n) is 6.39. The van der Waals surface area contributed by atoms with Crippen LogP contribution < -0.4 is 0 Å². The number of hydrogen-bond acceptors (Lipinski definition) is 3. The van der Waals surface area contributed by atoms with Gasteiger partial charge in [0.05, 0.1) is 4.90 Å². The van der Waals surface area contributed by atoms with Crippen molar-refractivity contribution in [1.82, 2.24) is 0 Å². The second-order valence-electron chi connectivity index (χ2n) is 2.21. The molecule has 1 rings (SSSR count). The van der Waals surface area contributed by atoms with E-state index in [1.807, 2.05) is 0 Å². The van der Waals surface area contributed by atoms with E-state index in [1.54, 1.807) is 18.4 Å². The van der Waals surface area contributed by atoms with E-state index in [4.69, 9.17) is 0 Å². The molecule has 1 atom stereocenters. The van der Waals surface area contributed by atoms with E-state index in [0.717, 1.165) is 0 Å². The molecular weight excluding hydrogens is 196 g/mol. The van der Waals surface area contributed by atoms with E-state index in [-0.39, 0.29) is 4.90 Å². The summed E-state index contributed by atoms with van der Waals surface area (Å²) < 4.78 is 31.8. The summed E-state index contributed by atoms with van der Waals surface area (Å²) in [6.07, 6.45) is 1.55. The molecule has 0 N–H and O–H groups in total. The Bertz CT molecular complexity index is 319. The average molecular weight is 204 g/mol. The predicted octanol–water partition coefficient (Wildman–Crippen LogP) is 0.394. The lowest BCUT2D eigenvalue weighted by Crippen LogP contribution is -1.96. The Hall–Kier alpha value is -0.520. The summed E-state index contributed by atoms with van der Waals surface area (Å²) in [6.45, 7) is 0. The molecule has 3 nitrogen and oxygen atoms in total. The zero-order valence-corrected chi connectivity index (χ0v) is 8.10. The Balaban J connectivity index is 3.01. The summed E-state index contributed by atoms with van der Waals surface area (Å²) in [5, 5.41) is 0. The highest BCUT2D eigenvalue weighted by atomic mass is 32.2. The van der Waals surface area contributed by atoms with Gasteiger partial charge in [-0.1, -0.05) is 0 Å². The Morgan fingerprint density at radius 2 is 1.75 bits per heavy atom. The van der Waals surface area contributed by atoms with Gasteiger partial charge in [-0.3, -0.25) is 0 Å². The molecule has 0 spiro atoms. The summed E-state index contributed by atoms with van der Waals surface area (Å²) in [4.78, 5) is 0.884. The first-order chi connectivity index (χ1) is 5.61. The molecule has 0 saturated heterocycles. The van der Waals surface area contributed by atoms with Gasteiger partial charge in [-0.15, -0.1) is 0 Å². The molecule has 5 heteroatoms. The zero-order chi connectivity index (χ0) is 9.14. The van der Waals surface area contributed by atoms with Crippen LogP contribution in [0.15, 0.2) is 34.1 Å². The lowest BCUT2D eigenvalue weighted by atomic mass is 10.4. The van der Waals surface area contributed by atoms with Crippen LogP contribution in [0.25, 0.3) is 0 Å². The summed E-state index contributed by atoms with van der Waals surface area (Å²) in [7, 11) is -2.53. The molecule has 0 radical (unpaired) electrons. The van der Waals surface area contributed by atoms with Crippen molar-refractivity contribution < 1.29 is 13.0 Å². The molecule has 1 aromatic carbocycles. The molecule has 0 aromatic heterocycles. The maximum Gasteiger partial charge on any atom is 0.168 e. The first kappa shape index (κ1) is 9.57. The smallest absolute Gasteiger partial charge is 0.168 e. The van der Waals surface area contributed by atoms with Crippen molar-refractivity contribution in [1.29, 1.82) is 0 Å². The van der Waals surface area contributed by atoms with Gasteiger partial charge in [0.2, 0.25) is 0 Å². The first-order valence-electron chi connectivity index (χ1n) is 3.19. The monoisotopic (exact) mass is 204 g/mol. The second kappa shape index (κ2) is 3.93. The summed E-state index contributed by atoms with van der Waals surface area (Å²) in [5.74, 6) is 0. The van der Waals surface area contributed by atoms with E-state index in [9.17, 15) is 13.0 Å². The van der Waals surface area contributed by atoms with Crippen molar-refractivity contribution in [2.24, 2.45) is 0 Å². The highest BCUT2D eigenvalue weighted by Gasteiger charge is 2.03. The Kier molecular flexibility index (Phi) is 3.13. The van der Waals surface area contributed by atoms with Crippen LogP contribution in [0.5, 0.6) is 0 Å². The van der Waals surface area contributed by atoms with Gasteiger partial charge in [0.25, 0.3) is 0 Å². The minimum absolute atomic E-state index is 0.249. The number of hydrogen-bond donors (Lipinski definition) is 1. The normalized spacial score (nSPS) is 13.2. The van der Waals surface area contributed by atoms with Crippen LogP contribution in [0.3, 0.4) is 0 Å². The number of rotatable bonds is 2. The molecule has 0 saturated carbocycles. The quantitative estimate of drug-likeness (QED) is 0.560. The lowest BCUT2D eigenvalue weighted by molar-refractivity contribution is 0.600. The van der Waals surface area contributed by atoms with Crippen molar-refractivity contribution >= 4 is 21.9 Å². The molecule has 1 unspecified atom stereocenters. The van der Waals surface area contributed by atoms with E-state index in [2.05, 4.69) is 0 Å². The van der Waals surface area contributed by atoms with Crippen molar-refractivity contribution in [3.63, 3.8) is 0 Å². The van der Waals surface area contributed by atoms with E-state index in [0.29, 0.717) is 4.90 Å². The lowest BCUT2D eigenvalue weighted by Gasteiger charge is -2.02. The van der Waals surface area contributed by atoms with Crippen molar-refractivity contribution in [2.75, 3.05) is 6.26 Å². The minimum atomic E-state index is -2.53. The van der Waals surface area contributed by atoms with E-state index >= 15 is 0 Å². The highest BCUT2D eigenvalue weighted by molar-refractivity contribution is 7.90. The van der Waals surface area contributed by atoms with Crippen LogP contribution in [0.2, 0.25) is 0 Å². The van der Waals surface area contributed by atoms with Gasteiger partial charge < -0.3 is 4.55 Å². The van der Waals surface area contributed by atoms with Crippen LogP contribution in [0.1, 0.15) is 0 Å². The van der Waals surface area contributed by atoms with Crippen molar-refractivity contribution in [3.8, 4) is 0 Å². The fourth-order valence-electron chi connectivity index (χ4n) is 0.759. The van der Waals surface area contributed by atoms with Gasteiger partial charge in [0.1, 0.15) is 6.26 Å². The summed E-state index contributed by atoms with van der Waals surface area (Å²) in [5.41, 5.74) is 0. The summed E-state index contributed by atoms with van der Waals surface area (Å²) >= 11 is -1.05. The minimum Gasteiger partial charge on any atom is -0.612 e. The van der Waals surface area contributed by atoms with Gasteiger partial charge >= 0.3 is 0 Å². The number of thiol groups is 1. The van der Waals surface area contributed by atoms with Gasteiger partial charge in [-0.25, -0.2) is 8.42 Å². The van der Waals surface area contributed by atoms with Crippen LogP contribution >= 0.6 is 0 Å². The topological polar surface area (TPSA) is 57.2 Å². The maximum atomic E-state index is 10.9. The SMILES string of the molecule is C[S+]([O-])c1ccc([SH](=O)=O)cc1. The molecule has 12 heavy (non-hydrogen) atoms. The average Bonchev–Trinajstić information content (AvgIpc) is 2.04. The molecular formula is C7H8O3S2. The molecule has 66 valence electrons. The third kappa shape index (κ3) is 2.23. The van der Waals surface area contributed by atoms with E-state index < -0.39 is 21.9 Å². The third-order valence-electron chi connectivity index (χ3n) is 1.38. The van der Waals surface area contributed by atoms with Gasteiger partial charge in [0.15, 0.2) is 15.6 Å². The molecule has 1 aromatic rings. The van der Waals surface area contributed by atoms with Crippen LogP contribution in [-0.4, -0.2) is 19.2 Å². The van der Waals surface area contributed by atoms with Crippen LogP contribution in [0, 0.1) is 0 Å². The van der Waals surface area contributed by atoms with Gasteiger partial charge in [-0.2, -0.15) is 0 Å². The molecule has 0 amide bonds. The highest BCUT2D eigenvalue weighted by Crippen LogP contribution is 2.10. The molecule has 0 bridgehead atoms.